The molecule has 0 spiro atoms. The molecule has 0 radical (unpaired) electrons. The molecule has 0 bridgehead atoms. The summed E-state index contributed by atoms with van der Waals surface area (Å²) in [7, 11) is 0. The number of carbonyl (C=O) groups is 3. The van der Waals surface area contributed by atoms with Gasteiger partial charge in [0.2, 0.25) is 0 Å². The third-order valence-corrected chi connectivity index (χ3v) is 5.64. The van der Waals surface area contributed by atoms with Gasteiger partial charge in [0.1, 0.15) is 5.75 Å². The van der Waals surface area contributed by atoms with Gasteiger partial charge < -0.3 is 9.84 Å². The van der Waals surface area contributed by atoms with Crippen LogP contribution in [0.5, 0.6) is 5.75 Å². The number of thioether (sulfide) groups is 1. The summed E-state index contributed by atoms with van der Waals surface area (Å²) in [5.74, 6) is -1.66. The molecule has 10 heteroatoms. The van der Waals surface area contributed by atoms with Crippen molar-refractivity contribution < 1.29 is 24.2 Å². The number of hydrazine groups is 1. The summed E-state index contributed by atoms with van der Waals surface area (Å²) in [5, 5.41) is 9.72. The fourth-order valence-electron chi connectivity index (χ4n) is 2.36. The summed E-state index contributed by atoms with van der Waals surface area (Å²) in [6.07, 6.45) is 1.59. The van der Waals surface area contributed by atoms with Gasteiger partial charge in [-0.2, -0.15) is 5.01 Å². The van der Waals surface area contributed by atoms with E-state index < -0.39 is 24.4 Å². The third kappa shape index (κ3) is 5.22. The minimum atomic E-state index is -1.09. The van der Waals surface area contributed by atoms with Crippen LogP contribution in [0.15, 0.2) is 57.9 Å². The first-order chi connectivity index (χ1) is 13.8. The maximum Gasteiger partial charge on any atom is 0.341 e. The normalized spacial score (nSPS) is 14.9. The Morgan fingerprint density at radius 1 is 1.24 bits per heavy atom. The summed E-state index contributed by atoms with van der Waals surface area (Å²) in [4.78, 5) is 36.1. The second-order valence-corrected chi connectivity index (χ2v) is 8.22. The first kappa shape index (κ1) is 21.0. The lowest BCUT2D eigenvalue weighted by Crippen LogP contribution is -2.44. The van der Waals surface area contributed by atoms with Crippen molar-refractivity contribution in [1.82, 2.24) is 10.4 Å². The van der Waals surface area contributed by atoms with E-state index >= 15 is 0 Å². The van der Waals surface area contributed by atoms with Crippen LogP contribution in [0.2, 0.25) is 0 Å². The number of benzene rings is 2. The van der Waals surface area contributed by atoms with Gasteiger partial charge in [-0.3, -0.25) is 15.0 Å². The maximum atomic E-state index is 12.7. The average molecular weight is 493 g/mol. The summed E-state index contributed by atoms with van der Waals surface area (Å²) >= 11 is 9.57. The number of halogens is 1. The highest BCUT2D eigenvalue weighted by atomic mass is 79.9. The predicted molar refractivity (Wildman–Crippen MR) is 116 cm³/mol. The smallest absolute Gasteiger partial charge is 0.341 e. The number of aliphatic carboxylic acids is 1. The fraction of sp³-hybridized carbons (Fsp3) is 0.0526. The highest BCUT2D eigenvalue weighted by Gasteiger charge is 2.34. The second kappa shape index (κ2) is 9.21. The van der Waals surface area contributed by atoms with Crippen molar-refractivity contribution in [1.29, 1.82) is 0 Å². The fourth-order valence-corrected chi connectivity index (χ4v) is 4.01. The Labute approximate surface area is 183 Å². The maximum absolute atomic E-state index is 12.7. The zero-order chi connectivity index (χ0) is 21.0. The van der Waals surface area contributed by atoms with Crippen molar-refractivity contribution in [2.75, 3.05) is 6.61 Å². The standard InChI is InChI=1S/C19H13BrN2O5S2/c20-14-7-2-1-6-13(14)17(25)21-22-18(26)15(29-19(22)28)9-11-4-3-5-12(8-11)27-10-16(23)24/h1-9H,10H2,(H,21,25)(H,23,24)/b15-9+. The molecule has 2 amide bonds. The molecule has 148 valence electrons. The van der Waals surface area contributed by atoms with E-state index in [1.54, 1.807) is 54.6 Å². The first-order valence-electron chi connectivity index (χ1n) is 8.13. The van der Waals surface area contributed by atoms with Gasteiger partial charge in [0.25, 0.3) is 11.8 Å². The molecule has 1 fully saturated rings. The molecule has 1 aliphatic rings. The predicted octanol–water partition coefficient (Wildman–Crippen LogP) is 3.46. The number of rotatable bonds is 6. The Kier molecular flexibility index (Phi) is 6.68. The molecule has 7 nitrogen and oxygen atoms in total. The van der Waals surface area contributed by atoms with Crippen LogP contribution in [0, 0.1) is 0 Å². The van der Waals surface area contributed by atoms with E-state index in [9.17, 15) is 14.4 Å². The van der Waals surface area contributed by atoms with Gasteiger partial charge in [-0.25, -0.2) is 4.79 Å². The van der Waals surface area contributed by atoms with Crippen LogP contribution in [0.3, 0.4) is 0 Å². The van der Waals surface area contributed by atoms with Crippen LogP contribution in [0.4, 0.5) is 0 Å². The molecule has 3 rings (SSSR count). The van der Waals surface area contributed by atoms with Crippen LogP contribution in [0.25, 0.3) is 6.08 Å². The first-order valence-corrected chi connectivity index (χ1v) is 10.1. The minimum absolute atomic E-state index is 0.194. The van der Waals surface area contributed by atoms with Crippen molar-refractivity contribution in [2.45, 2.75) is 0 Å². The molecule has 0 aliphatic carbocycles. The number of hydrogen-bond donors (Lipinski definition) is 2. The molecule has 2 aromatic carbocycles. The van der Waals surface area contributed by atoms with Gasteiger partial charge in [0, 0.05) is 4.47 Å². The van der Waals surface area contributed by atoms with Crippen molar-refractivity contribution >= 4 is 68.1 Å². The second-order valence-electron chi connectivity index (χ2n) is 5.69. The Bertz CT molecular complexity index is 1040. The third-order valence-electron chi connectivity index (χ3n) is 3.64. The van der Waals surface area contributed by atoms with Crippen molar-refractivity contribution in [2.24, 2.45) is 0 Å². The molecule has 0 unspecified atom stereocenters. The molecule has 1 aliphatic heterocycles. The van der Waals surface area contributed by atoms with Crippen LogP contribution in [-0.2, 0) is 9.59 Å². The summed E-state index contributed by atoms with van der Waals surface area (Å²) in [6, 6.07) is 13.5. The summed E-state index contributed by atoms with van der Waals surface area (Å²) in [6.45, 7) is -0.466. The number of carboxylic acids is 1. The Balaban J connectivity index is 1.75. The number of carboxylic acid groups (broad SMARTS) is 1. The lowest BCUT2D eigenvalue weighted by molar-refractivity contribution is -0.139. The van der Waals surface area contributed by atoms with E-state index in [0.29, 0.717) is 26.3 Å². The molecule has 1 heterocycles. The van der Waals surface area contributed by atoms with E-state index in [0.717, 1.165) is 16.8 Å². The summed E-state index contributed by atoms with van der Waals surface area (Å²) in [5.41, 5.74) is 3.52. The molecule has 0 atom stereocenters. The van der Waals surface area contributed by atoms with Gasteiger partial charge in [-0.05, 0) is 64.1 Å². The molecule has 0 saturated carbocycles. The molecule has 1 saturated heterocycles. The monoisotopic (exact) mass is 492 g/mol. The molecule has 29 heavy (non-hydrogen) atoms. The van der Waals surface area contributed by atoms with Crippen molar-refractivity contribution in [3.05, 3.63) is 69.0 Å². The summed E-state index contributed by atoms with van der Waals surface area (Å²) < 4.78 is 5.92. The molecule has 0 aromatic heterocycles. The lowest BCUT2D eigenvalue weighted by Gasteiger charge is -2.16. The average Bonchev–Trinajstić information content (AvgIpc) is 2.94. The van der Waals surface area contributed by atoms with Gasteiger partial charge >= 0.3 is 5.97 Å². The minimum Gasteiger partial charge on any atom is -0.482 e. The van der Waals surface area contributed by atoms with Crippen molar-refractivity contribution in [3.63, 3.8) is 0 Å². The van der Waals surface area contributed by atoms with Crippen LogP contribution in [-0.4, -0.2) is 38.8 Å². The number of carbonyl (C=O) groups excluding carboxylic acids is 2. The number of ether oxygens (including phenoxy) is 1. The van der Waals surface area contributed by atoms with E-state index in [4.69, 9.17) is 22.1 Å². The number of nitrogens with zero attached hydrogens (tertiary/aromatic N) is 1. The number of amides is 2. The van der Waals surface area contributed by atoms with Gasteiger partial charge in [-0.15, -0.1) is 0 Å². The Morgan fingerprint density at radius 3 is 2.72 bits per heavy atom. The van der Waals surface area contributed by atoms with Gasteiger partial charge in [-0.1, -0.05) is 36.0 Å². The quantitative estimate of drug-likeness (QED) is 0.470. The number of thiocarbonyl (C=S) groups is 1. The van der Waals surface area contributed by atoms with E-state index in [2.05, 4.69) is 21.4 Å². The molecular weight excluding hydrogens is 480 g/mol. The van der Waals surface area contributed by atoms with E-state index in [1.807, 2.05) is 0 Å². The van der Waals surface area contributed by atoms with E-state index in [1.165, 1.54) is 0 Å². The molecule has 2 aromatic rings. The largest absolute Gasteiger partial charge is 0.482 e. The van der Waals surface area contributed by atoms with Crippen LogP contribution >= 0.6 is 39.9 Å². The van der Waals surface area contributed by atoms with Crippen LogP contribution in [0.1, 0.15) is 15.9 Å². The number of nitrogens with one attached hydrogen (secondary N) is 1. The lowest BCUT2D eigenvalue weighted by atomic mass is 10.2. The van der Waals surface area contributed by atoms with Gasteiger partial charge in [0.15, 0.2) is 10.9 Å². The highest BCUT2D eigenvalue weighted by molar-refractivity contribution is 9.10. The van der Waals surface area contributed by atoms with Crippen molar-refractivity contribution in [3.8, 4) is 5.75 Å². The van der Waals surface area contributed by atoms with Crippen LogP contribution < -0.4 is 10.2 Å². The van der Waals surface area contributed by atoms with E-state index in [-0.39, 0.29) is 4.32 Å². The zero-order valence-electron chi connectivity index (χ0n) is 14.6. The number of hydrogen-bond acceptors (Lipinski definition) is 6. The van der Waals surface area contributed by atoms with Gasteiger partial charge in [0.05, 0.1) is 10.5 Å². The molecular formula is C19H13BrN2O5S2. The Morgan fingerprint density at radius 2 is 2.00 bits per heavy atom. The highest BCUT2D eigenvalue weighted by Crippen LogP contribution is 2.32. The zero-order valence-corrected chi connectivity index (χ0v) is 17.8. The topological polar surface area (TPSA) is 95.9 Å². The SMILES string of the molecule is O=C(O)COc1cccc(/C=C2/SC(=S)N(NC(=O)c3ccccc3Br)C2=O)c1. The Hall–Kier alpha value is -2.69. The molecule has 2 N–H and O–H groups in total.